The van der Waals surface area contributed by atoms with Crippen LogP contribution in [0, 0.1) is 5.92 Å². The molecule has 1 aromatic carbocycles. The van der Waals surface area contributed by atoms with Crippen molar-refractivity contribution in [2.75, 3.05) is 38.3 Å². The minimum absolute atomic E-state index is 0.596. The summed E-state index contributed by atoms with van der Waals surface area (Å²) in [6.07, 6.45) is 2.11. The first-order valence-corrected chi connectivity index (χ1v) is 7.26. The normalized spacial score (nSPS) is 18.7. The van der Waals surface area contributed by atoms with E-state index in [2.05, 4.69) is 15.3 Å². The van der Waals surface area contributed by atoms with Gasteiger partial charge in [0, 0.05) is 25.7 Å². The third-order valence-electron chi connectivity index (χ3n) is 3.52. The smallest absolute Gasteiger partial charge is 0.201 e. The van der Waals surface area contributed by atoms with E-state index < -0.39 is 0 Å². The lowest BCUT2D eigenvalue weighted by Gasteiger charge is -2.08. The molecule has 2 aromatic rings. The second-order valence-electron chi connectivity index (χ2n) is 5.19. The number of ether oxygens (including phenoxy) is 2. The van der Waals surface area contributed by atoms with Crippen LogP contribution in [0.1, 0.15) is 12.8 Å². The number of nitrogens with zero attached hydrogens (tertiary/aromatic N) is 1. The quantitative estimate of drug-likeness (QED) is 0.762. The van der Waals surface area contributed by atoms with E-state index in [1.54, 1.807) is 0 Å². The highest BCUT2D eigenvalue weighted by Crippen LogP contribution is 2.13. The minimum atomic E-state index is 0.596. The molecule has 20 heavy (non-hydrogen) atoms. The van der Waals surface area contributed by atoms with Gasteiger partial charge in [0.1, 0.15) is 0 Å². The highest BCUT2D eigenvalue weighted by atomic mass is 16.5. The second-order valence-corrected chi connectivity index (χ2v) is 5.19. The van der Waals surface area contributed by atoms with Gasteiger partial charge in [-0.25, -0.2) is 4.98 Å². The number of aromatic amines is 1. The Balaban J connectivity index is 1.33. The van der Waals surface area contributed by atoms with Gasteiger partial charge in [0.15, 0.2) is 0 Å². The van der Waals surface area contributed by atoms with Gasteiger partial charge in [-0.1, -0.05) is 12.1 Å². The highest BCUT2D eigenvalue weighted by molar-refractivity contribution is 5.77. The predicted octanol–water partition coefficient (Wildman–Crippen LogP) is 2.42. The first-order chi connectivity index (χ1) is 9.92. The van der Waals surface area contributed by atoms with Gasteiger partial charge in [0.05, 0.1) is 24.2 Å². The summed E-state index contributed by atoms with van der Waals surface area (Å²) in [6.45, 7) is 4.22. The van der Waals surface area contributed by atoms with Crippen LogP contribution in [0.4, 0.5) is 5.95 Å². The molecule has 2 heterocycles. The van der Waals surface area contributed by atoms with Crippen LogP contribution in [-0.4, -0.2) is 42.9 Å². The number of benzene rings is 1. The Bertz CT molecular complexity index is 502. The number of hydrogen-bond acceptors (Lipinski definition) is 4. The SMILES string of the molecule is c1ccc2[nH]c(NCCCOCC3CCOC3)nc2c1. The van der Waals surface area contributed by atoms with E-state index in [0.29, 0.717) is 5.92 Å². The second kappa shape index (κ2) is 6.72. The molecule has 2 N–H and O–H groups in total. The summed E-state index contributed by atoms with van der Waals surface area (Å²) in [5.74, 6) is 1.42. The fourth-order valence-corrected chi connectivity index (χ4v) is 2.38. The summed E-state index contributed by atoms with van der Waals surface area (Å²) >= 11 is 0. The van der Waals surface area contributed by atoms with Gasteiger partial charge >= 0.3 is 0 Å². The number of para-hydroxylation sites is 2. The van der Waals surface area contributed by atoms with Gasteiger partial charge < -0.3 is 19.8 Å². The van der Waals surface area contributed by atoms with E-state index in [-0.39, 0.29) is 0 Å². The molecule has 3 rings (SSSR count). The molecule has 0 bridgehead atoms. The number of H-pyrrole nitrogens is 1. The van der Waals surface area contributed by atoms with Crippen LogP contribution < -0.4 is 5.32 Å². The minimum Gasteiger partial charge on any atom is -0.381 e. The Labute approximate surface area is 118 Å². The van der Waals surface area contributed by atoms with E-state index in [1.807, 2.05) is 24.3 Å². The fourth-order valence-electron chi connectivity index (χ4n) is 2.38. The molecule has 108 valence electrons. The number of nitrogens with one attached hydrogen (secondary N) is 2. The van der Waals surface area contributed by atoms with Crippen molar-refractivity contribution in [2.24, 2.45) is 5.92 Å². The van der Waals surface area contributed by atoms with Crippen LogP contribution in [0.5, 0.6) is 0 Å². The topological polar surface area (TPSA) is 59.2 Å². The Morgan fingerprint density at radius 1 is 1.40 bits per heavy atom. The van der Waals surface area contributed by atoms with E-state index in [9.17, 15) is 0 Å². The molecule has 0 amide bonds. The third-order valence-corrected chi connectivity index (χ3v) is 3.52. The summed E-state index contributed by atoms with van der Waals surface area (Å²) in [7, 11) is 0. The van der Waals surface area contributed by atoms with Crippen LogP contribution in [0.15, 0.2) is 24.3 Å². The largest absolute Gasteiger partial charge is 0.381 e. The maximum absolute atomic E-state index is 5.66. The van der Waals surface area contributed by atoms with Crippen molar-refractivity contribution < 1.29 is 9.47 Å². The molecular weight excluding hydrogens is 254 g/mol. The van der Waals surface area contributed by atoms with Crippen LogP contribution >= 0.6 is 0 Å². The van der Waals surface area contributed by atoms with Gasteiger partial charge in [-0.05, 0) is 25.0 Å². The maximum Gasteiger partial charge on any atom is 0.201 e. The summed E-state index contributed by atoms with van der Waals surface area (Å²) < 4.78 is 11.0. The van der Waals surface area contributed by atoms with Crippen molar-refractivity contribution in [1.29, 1.82) is 0 Å². The van der Waals surface area contributed by atoms with Crippen molar-refractivity contribution in [3.63, 3.8) is 0 Å². The molecule has 5 heteroatoms. The average molecular weight is 275 g/mol. The van der Waals surface area contributed by atoms with Crippen LogP contribution in [0.2, 0.25) is 0 Å². The molecule has 1 aromatic heterocycles. The van der Waals surface area contributed by atoms with Gasteiger partial charge in [0.25, 0.3) is 0 Å². The summed E-state index contributed by atoms with van der Waals surface area (Å²) in [4.78, 5) is 7.72. The van der Waals surface area contributed by atoms with Gasteiger partial charge in [-0.2, -0.15) is 0 Å². The molecule has 1 aliphatic heterocycles. The third kappa shape index (κ3) is 3.49. The fraction of sp³-hybridized carbons (Fsp3) is 0.533. The first-order valence-electron chi connectivity index (χ1n) is 7.26. The van der Waals surface area contributed by atoms with Crippen molar-refractivity contribution in [3.8, 4) is 0 Å². The average Bonchev–Trinajstić information content (AvgIpc) is 3.11. The molecule has 1 unspecified atom stereocenters. The number of fused-ring (bicyclic) bond motifs is 1. The first kappa shape index (κ1) is 13.4. The highest BCUT2D eigenvalue weighted by Gasteiger charge is 2.15. The van der Waals surface area contributed by atoms with Crippen molar-refractivity contribution in [1.82, 2.24) is 9.97 Å². The Morgan fingerprint density at radius 3 is 3.20 bits per heavy atom. The van der Waals surface area contributed by atoms with E-state index in [1.165, 1.54) is 0 Å². The number of anilines is 1. The molecule has 0 saturated carbocycles. The molecule has 5 nitrogen and oxygen atoms in total. The molecule has 0 spiro atoms. The lowest BCUT2D eigenvalue weighted by atomic mass is 10.1. The number of aromatic nitrogens is 2. The van der Waals surface area contributed by atoms with E-state index >= 15 is 0 Å². The van der Waals surface area contributed by atoms with Gasteiger partial charge in [0.2, 0.25) is 5.95 Å². The van der Waals surface area contributed by atoms with Crippen molar-refractivity contribution >= 4 is 17.0 Å². The lowest BCUT2D eigenvalue weighted by Crippen LogP contribution is -2.12. The van der Waals surface area contributed by atoms with E-state index in [0.717, 1.165) is 62.8 Å². The molecule has 1 atom stereocenters. The zero-order chi connectivity index (χ0) is 13.6. The van der Waals surface area contributed by atoms with Gasteiger partial charge in [-0.15, -0.1) is 0 Å². The van der Waals surface area contributed by atoms with Crippen LogP contribution in [-0.2, 0) is 9.47 Å². The standard InChI is InChI=1S/C15H21N3O2/c1-2-5-14-13(4-1)17-15(18-14)16-7-3-8-19-10-12-6-9-20-11-12/h1-2,4-5,12H,3,6-11H2,(H2,16,17,18). The van der Waals surface area contributed by atoms with Crippen LogP contribution in [0.25, 0.3) is 11.0 Å². The molecule has 1 aliphatic rings. The zero-order valence-corrected chi connectivity index (χ0v) is 11.6. The number of rotatable bonds is 7. The lowest BCUT2D eigenvalue weighted by molar-refractivity contribution is 0.0897. The molecular formula is C15H21N3O2. The number of hydrogen-bond donors (Lipinski definition) is 2. The molecule has 1 saturated heterocycles. The monoisotopic (exact) mass is 275 g/mol. The zero-order valence-electron chi connectivity index (χ0n) is 11.6. The van der Waals surface area contributed by atoms with Crippen LogP contribution in [0.3, 0.4) is 0 Å². The molecule has 0 aliphatic carbocycles. The molecule has 0 radical (unpaired) electrons. The Kier molecular flexibility index (Phi) is 4.50. The van der Waals surface area contributed by atoms with E-state index in [4.69, 9.17) is 9.47 Å². The maximum atomic E-state index is 5.66. The summed E-state index contributed by atoms with van der Waals surface area (Å²) in [6, 6.07) is 8.03. The molecule has 1 fully saturated rings. The van der Waals surface area contributed by atoms with Crippen molar-refractivity contribution in [3.05, 3.63) is 24.3 Å². The van der Waals surface area contributed by atoms with Gasteiger partial charge in [-0.3, -0.25) is 0 Å². The number of imidazole rings is 1. The predicted molar refractivity (Wildman–Crippen MR) is 78.9 cm³/mol. The van der Waals surface area contributed by atoms with Crippen molar-refractivity contribution in [2.45, 2.75) is 12.8 Å². The summed E-state index contributed by atoms with van der Waals surface area (Å²) in [5, 5.41) is 3.29. The summed E-state index contributed by atoms with van der Waals surface area (Å²) in [5.41, 5.74) is 2.06. The Hall–Kier alpha value is -1.59. The Morgan fingerprint density at radius 2 is 2.35 bits per heavy atom.